The van der Waals surface area contributed by atoms with Gasteiger partial charge in [-0.1, -0.05) is 30.3 Å². The van der Waals surface area contributed by atoms with Crippen molar-refractivity contribution < 1.29 is 36.9 Å². The van der Waals surface area contributed by atoms with E-state index in [1.54, 1.807) is 38.3 Å². The van der Waals surface area contributed by atoms with Crippen molar-refractivity contribution >= 4 is 22.7 Å². The van der Waals surface area contributed by atoms with Crippen molar-refractivity contribution in [2.75, 3.05) is 32.6 Å². The van der Waals surface area contributed by atoms with Crippen molar-refractivity contribution in [3.63, 3.8) is 0 Å². The maximum Gasteiger partial charge on any atom is 0.410 e. The van der Waals surface area contributed by atoms with Gasteiger partial charge >= 0.3 is 6.09 Å². The van der Waals surface area contributed by atoms with Crippen LogP contribution in [0, 0.1) is 5.82 Å². The Morgan fingerprint density at radius 2 is 1.71 bits per heavy atom. The lowest BCUT2D eigenvalue weighted by atomic mass is 9.82. The number of ether oxygens (including phenoxy) is 4. The Bertz CT molecular complexity index is 1740. The Labute approximate surface area is 279 Å². The molecule has 2 heterocycles. The third-order valence-corrected chi connectivity index (χ3v) is 8.63. The Hall–Kier alpha value is -4.51. The number of pyridine rings is 1. The molecule has 0 spiro atoms. The standard InChI is InChI=1S/C37H42F3N3O5/c1-23(26-8-7-9-27(33(26)38)34(39)40)42-30-14-17-41-31-21-32(47-22-24-10-12-25(45-5)13-11-24)29(20-28(30)31)37(46-6)15-18-43(19-16-37)35(44)48-36(2,3)4/h7-14,17,20-21,23,34H,15-16,18-19,22H2,1-6H3,(H,41,42). The van der Waals surface area contributed by atoms with E-state index in [0.717, 1.165) is 22.9 Å². The summed E-state index contributed by atoms with van der Waals surface area (Å²) in [4.78, 5) is 19.2. The Morgan fingerprint density at radius 3 is 2.33 bits per heavy atom. The Balaban J connectivity index is 1.52. The average Bonchev–Trinajstić information content (AvgIpc) is 3.06. The van der Waals surface area contributed by atoms with Crippen LogP contribution < -0.4 is 14.8 Å². The van der Waals surface area contributed by atoms with Crippen LogP contribution in [0.1, 0.15) is 75.3 Å². The number of likely N-dealkylation sites (tertiary alicyclic amines) is 1. The second kappa shape index (κ2) is 14.3. The molecular weight excluding hydrogens is 623 g/mol. The number of rotatable bonds is 10. The number of nitrogens with zero attached hydrogens (tertiary/aromatic N) is 2. The van der Waals surface area contributed by atoms with E-state index in [0.29, 0.717) is 48.3 Å². The second-order valence-electron chi connectivity index (χ2n) is 12.9. The fourth-order valence-electron chi connectivity index (χ4n) is 6.00. The van der Waals surface area contributed by atoms with E-state index in [4.69, 9.17) is 18.9 Å². The highest BCUT2D eigenvalue weighted by atomic mass is 19.3. The van der Waals surface area contributed by atoms with Gasteiger partial charge in [-0.25, -0.2) is 18.0 Å². The summed E-state index contributed by atoms with van der Waals surface area (Å²) in [6.07, 6.45) is -0.739. The summed E-state index contributed by atoms with van der Waals surface area (Å²) in [6.45, 7) is 8.28. The Morgan fingerprint density at radius 1 is 1.02 bits per heavy atom. The van der Waals surface area contributed by atoms with Crippen molar-refractivity contribution in [3.05, 3.63) is 94.9 Å². The number of hydrogen-bond acceptors (Lipinski definition) is 7. The lowest BCUT2D eigenvalue weighted by Crippen LogP contribution is -2.47. The SMILES string of the molecule is COc1ccc(COc2cc3nccc(NC(C)c4cccc(C(F)F)c4F)c3cc2C2(OC)CCN(C(=O)OC(C)(C)C)CC2)cc1. The van der Waals surface area contributed by atoms with E-state index >= 15 is 4.39 Å². The molecule has 3 aromatic carbocycles. The van der Waals surface area contributed by atoms with Crippen LogP contribution in [0.5, 0.6) is 11.5 Å². The van der Waals surface area contributed by atoms with Crippen LogP contribution in [0.2, 0.25) is 0 Å². The number of fused-ring (bicyclic) bond motifs is 1. The van der Waals surface area contributed by atoms with Crippen LogP contribution in [0.25, 0.3) is 10.9 Å². The molecule has 0 radical (unpaired) electrons. The van der Waals surface area contributed by atoms with Gasteiger partial charge in [-0.2, -0.15) is 0 Å². The number of benzene rings is 3. The fraction of sp³-hybridized carbons (Fsp3) is 0.405. The van der Waals surface area contributed by atoms with E-state index in [9.17, 15) is 13.6 Å². The summed E-state index contributed by atoms with van der Waals surface area (Å²) in [7, 11) is 3.25. The first-order valence-electron chi connectivity index (χ1n) is 15.9. The highest BCUT2D eigenvalue weighted by molar-refractivity contribution is 5.93. The molecule has 4 aromatic rings. The molecule has 1 aromatic heterocycles. The molecule has 0 aliphatic carbocycles. The minimum Gasteiger partial charge on any atom is -0.497 e. The quantitative estimate of drug-likeness (QED) is 0.181. The van der Waals surface area contributed by atoms with Crippen molar-refractivity contribution in [2.45, 2.75) is 70.8 Å². The normalized spacial score (nSPS) is 15.3. The summed E-state index contributed by atoms with van der Waals surface area (Å²) in [5.74, 6) is 0.370. The molecule has 1 N–H and O–H groups in total. The molecule has 1 atom stereocenters. The molecule has 1 unspecified atom stereocenters. The number of carbonyl (C=O) groups is 1. The minimum absolute atomic E-state index is 0.125. The summed E-state index contributed by atoms with van der Waals surface area (Å²) in [5, 5.41) is 4.03. The van der Waals surface area contributed by atoms with Crippen LogP contribution in [0.15, 0.2) is 66.9 Å². The minimum atomic E-state index is -2.93. The molecule has 8 nitrogen and oxygen atoms in total. The van der Waals surface area contributed by atoms with E-state index in [-0.39, 0.29) is 18.3 Å². The highest BCUT2D eigenvalue weighted by Gasteiger charge is 2.41. The molecule has 11 heteroatoms. The van der Waals surface area contributed by atoms with Crippen molar-refractivity contribution in [2.24, 2.45) is 0 Å². The zero-order valence-electron chi connectivity index (χ0n) is 28.1. The van der Waals surface area contributed by atoms with E-state index in [1.807, 2.05) is 57.2 Å². The van der Waals surface area contributed by atoms with Crippen molar-refractivity contribution in [1.29, 1.82) is 0 Å². The van der Waals surface area contributed by atoms with Gasteiger partial charge in [0.15, 0.2) is 0 Å². The van der Waals surface area contributed by atoms with Gasteiger partial charge in [0.1, 0.15) is 29.5 Å². The maximum absolute atomic E-state index is 15.1. The third kappa shape index (κ3) is 7.62. The number of halogens is 3. The number of alkyl halides is 2. The zero-order valence-corrected chi connectivity index (χ0v) is 28.1. The predicted molar refractivity (Wildman–Crippen MR) is 178 cm³/mol. The Kier molecular flexibility index (Phi) is 10.4. The van der Waals surface area contributed by atoms with Gasteiger partial charge in [0, 0.05) is 54.7 Å². The van der Waals surface area contributed by atoms with Gasteiger partial charge in [0.25, 0.3) is 6.43 Å². The van der Waals surface area contributed by atoms with Crippen molar-refractivity contribution in [3.8, 4) is 11.5 Å². The van der Waals surface area contributed by atoms with Gasteiger partial charge in [-0.05, 0) is 70.4 Å². The third-order valence-electron chi connectivity index (χ3n) is 8.63. The number of nitrogens with one attached hydrogen (secondary N) is 1. The van der Waals surface area contributed by atoms with E-state index < -0.39 is 35.1 Å². The van der Waals surface area contributed by atoms with Crippen molar-refractivity contribution in [1.82, 2.24) is 9.88 Å². The maximum atomic E-state index is 15.1. The van der Waals surface area contributed by atoms with Gasteiger partial charge in [0.05, 0.1) is 29.8 Å². The van der Waals surface area contributed by atoms with Gasteiger partial charge < -0.3 is 29.2 Å². The first-order valence-corrected chi connectivity index (χ1v) is 15.9. The van der Waals surface area contributed by atoms with Crippen LogP contribution in [-0.4, -0.2) is 48.9 Å². The first kappa shape index (κ1) is 34.8. The topological polar surface area (TPSA) is 82.2 Å². The molecular formula is C37H42F3N3O5. The molecule has 0 bridgehead atoms. The second-order valence-corrected chi connectivity index (χ2v) is 12.9. The average molecular weight is 666 g/mol. The number of carbonyl (C=O) groups excluding carboxylic acids is 1. The number of amides is 1. The number of anilines is 1. The molecule has 1 saturated heterocycles. The van der Waals surface area contributed by atoms with Gasteiger partial charge in [-0.15, -0.1) is 0 Å². The molecule has 48 heavy (non-hydrogen) atoms. The molecule has 0 saturated carbocycles. The summed E-state index contributed by atoms with van der Waals surface area (Å²) < 4.78 is 65.6. The number of methoxy groups -OCH3 is 2. The van der Waals surface area contributed by atoms with E-state index in [1.165, 1.54) is 12.1 Å². The highest BCUT2D eigenvalue weighted by Crippen LogP contribution is 2.44. The molecule has 5 rings (SSSR count). The molecule has 1 aliphatic heterocycles. The molecule has 1 amide bonds. The number of aromatic nitrogens is 1. The van der Waals surface area contributed by atoms with Crippen LogP contribution in [0.3, 0.4) is 0 Å². The van der Waals surface area contributed by atoms with Crippen LogP contribution in [0.4, 0.5) is 23.7 Å². The van der Waals surface area contributed by atoms with Crippen LogP contribution >= 0.6 is 0 Å². The first-order chi connectivity index (χ1) is 22.8. The number of hydrogen-bond donors (Lipinski definition) is 1. The summed E-state index contributed by atoms with van der Waals surface area (Å²) in [5.41, 5.74) is 0.989. The smallest absolute Gasteiger partial charge is 0.410 e. The molecule has 256 valence electrons. The number of piperidine rings is 1. The van der Waals surface area contributed by atoms with E-state index in [2.05, 4.69) is 10.3 Å². The monoisotopic (exact) mass is 665 g/mol. The molecule has 1 aliphatic rings. The van der Waals surface area contributed by atoms with Crippen LogP contribution in [-0.2, 0) is 21.7 Å². The fourth-order valence-corrected chi connectivity index (χ4v) is 6.00. The zero-order chi connectivity index (χ0) is 34.6. The summed E-state index contributed by atoms with van der Waals surface area (Å²) in [6, 6.07) is 16.5. The predicted octanol–water partition coefficient (Wildman–Crippen LogP) is 8.94. The van der Waals surface area contributed by atoms with Gasteiger partial charge in [0.2, 0.25) is 0 Å². The largest absolute Gasteiger partial charge is 0.497 e. The lowest BCUT2D eigenvalue weighted by molar-refractivity contribution is -0.0663. The van der Waals surface area contributed by atoms with Gasteiger partial charge in [-0.3, -0.25) is 4.98 Å². The summed E-state index contributed by atoms with van der Waals surface area (Å²) >= 11 is 0. The lowest BCUT2D eigenvalue weighted by Gasteiger charge is -2.42. The molecule has 1 fully saturated rings.